The largest absolute Gasteiger partial charge is 0.429 e. The summed E-state index contributed by atoms with van der Waals surface area (Å²) in [7, 11) is 3.16. The number of hydrogen-bond acceptors (Lipinski definition) is 3. The van der Waals surface area contributed by atoms with Gasteiger partial charge in [-0.05, 0) is 18.0 Å². The van der Waals surface area contributed by atoms with Crippen LogP contribution < -0.4 is 14.2 Å². The van der Waals surface area contributed by atoms with Gasteiger partial charge < -0.3 is 28.4 Å². The van der Waals surface area contributed by atoms with E-state index in [9.17, 15) is 65.9 Å². The zero-order valence-corrected chi connectivity index (χ0v) is 34.2. The van der Waals surface area contributed by atoms with E-state index in [1.165, 1.54) is 21.4 Å². The second-order valence-corrected chi connectivity index (χ2v) is 12.9. The van der Waals surface area contributed by atoms with Crippen molar-refractivity contribution >= 4 is 22.1 Å². The van der Waals surface area contributed by atoms with Gasteiger partial charge in [0.2, 0.25) is 12.7 Å². The summed E-state index contributed by atoms with van der Waals surface area (Å²) in [6.07, 6.45) is -17.5. The van der Waals surface area contributed by atoms with E-state index in [1.807, 2.05) is 0 Å². The van der Waals surface area contributed by atoms with Crippen LogP contribution in [0.1, 0.15) is 28.1 Å². The molecule has 0 unspecified atom stereocenters. The predicted molar refractivity (Wildman–Crippen MR) is 188 cm³/mol. The van der Waals surface area contributed by atoms with E-state index in [4.69, 9.17) is 0 Å². The van der Waals surface area contributed by atoms with Crippen molar-refractivity contribution in [3.63, 3.8) is 0 Å². The zero-order valence-electron chi connectivity index (χ0n) is 31.8. The van der Waals surface area contributed by atoms with Crippen LogP contribution in [0, 0.1) is 24.8 Å². The molecule has 0 aliphatic carbocycles. The summed E-state index contributed by atoms with van der Waals surface area (Å²) < 4.78 is 198. The van der Waals surface area contributed by atoms with E-state index in [0.29, 0.717) is 34.2 Å². The Kier molecular flexibility index (Phi) is 13.8. The van der Waals surface area contributed by atoms with Crippen LogP contribution >= 0.6 is 0 Å². The fourth-order valence-corrected chi connectivity index (χ4v) is 5.80. The number of rotatable bonds is 3. The number of alkyl halides is 15. The monoisotopic (exact) mass is 1090 g/mol. The Morgan fingerprint density at radius 1 is 0.547 bits per heavy atom. The first-order valence-electron chi connectivity index (χ1n) is 17.3. The molecule has 1 radical (unpaired) electrons. The van der Waals surface area contributed by atoms with E-state index >= 15 is 0 Å². The number of aryl methyl sites for hydroxylation is 2. The Balaban J connectivity index is 0.000000184. The molecule has 0 saturated carbocycles. The molecule has 64 heavy (non-hydrogen) atoms. The minimum atomic E-state index is -4.97. The molecule has 339 valence electrons. The van der Waals surface area contributed by atoms with Crippen molar-refractivity contribution in [2.45, 2.75) is 30.9 Å². The van der Waals surface area contributed by atoms with Crippen molar-refractivity contribution in [1.29, 1.82) is 0 Å². The molecular weight excluding hydrogens is 1070 g/mol. The summed E-state index contributed by atoms with van der Waals surface area (Å²) in [5.41, 5.74) is -4.54. The molecule has 0 bridgehead atoms. The topological polar surface area (TPSA) is 70.4 Å². The molecule has 0 aliphatic rings. The van der Waals surface area contributed by atoms with Gasteiger partial charge in [0.15, 0.2) is 0 Å². The van der Waals surface area contributed by atoms with Gasteiger partial charge >= 0.3 is 30.9 Å². The number of fused-ring (bicyclic) bond motifs is 2. The number of aromatic nitrogens is 8. The Labute approximate surface area is 363 Å². The van der Waals surface area contributed by atoms with Crippen molar-refractivity contribution in [2.24, 2.45) is 14.1 Å². The molecule has 0 amide bonds. The predicted octanol–water partition coefficient (Wildman–Crippen LogP) is 9.70. The SMILES string of the molecule is C[n+]1[c-]n(-c2[c-]cc(C(F)(F)F)cc2C(F)(F)F)c2ccccc21.C[n+]1[c-]n(-c2[c-]cc(C(F)(F)F)cc2C(F)(F)F)c2ccccc21.FC(F)(F)c1n[n-]c(-c2ccccn2)n1.[Ir]. The number of imidazole rings is 2. The first-order valence-corrected chi connectivity index (χ1v) is 17.3. The molecule has 0 fully saturated rings. The van der Waals surface area contributed by atoms with Crippen LogP contribution in [0.15, 0.2) is 97.2 Å². The van der Waals surface area contributed by atoms with Crippen molar-refractivity contribution < 1.29 is 95.1 Å². The Morgan fingerprint density at radius 3 is 1.33 bits per heavy atom. The zero-order chi connectivity index (χ0) is 46.3. The molecule has 0 aliphatic heterocycles. The number of pyridine rings is 1. The third-order valence-corrected chi connectivity index (χ3v) is 8.62. The van der Waals surface area contributed by atoms with Crippen LogP contribution in [0.4, 0.5) is 65.9 Å². The fourth-order valence-electron chi connectivity index (χ4n) is 5.80. The molecule has 8 nitrogen and oxygen atoms in total. The number of nitrogens with zero attached hydrogens (tertiary/aromatic N) is 8. The van der Waals surface area contributed by atoms with Crippen LogP contribution in [0.3, 0.4) is 0 Å². The van der Waals surface area contributed by atoms with Crippen LogP contribution in [-0.4, -0.2) is 24.2 Å². The minimum absolute atomic E-state index is 0. The third-order valence-electron chi connectivity index (χ3n) is 8.62. The maximum absolute atomic E-state index is 13.3. The fraction of sp³-hybridized carbons (Fsp3) is 0.175. The normalized spacial score (nSPS) is 12.3. The van der Waals surface area contributed by atoms with Gasteiger partial charge in [0.1, 0.15) is 5.82 Å². The van der Waals surface area contributed by atoms with Crippen LogP contribution in [0.2, 0.25) is 0 Å². The van der Waals surface area contributed by atoms with Gasteiger partial charge in [-0.1, -0.05) is 88.2 Å². The van der Waals surface area contributed by atoms with E-state index in [2.05, 4.69) is 45.0 Å². The average molecular weight is 1090 g/mol. The summed E-state index contributed by atoms with van der Waals surface area (Å²) in [4.78, 5) is 7.05. The third kappa shape index (κ3) is 10.7. The van der Waals surface area contributed by atoms with Gasteiger partial charge in [-0.2, -0.15) is 102 Å². The maximum Gasteiger partial charge on any atom is 0.429 e. The van der Waals surface area contributed by atoms with Crippen molar-refractivity contribution in [3.8, 4) is 22.9 Å². The van der Waals surface area contributed by atoms with Gasteiger partial charge in [0, 0.05) is 26.3 Å². The molecule has 4 aromatic heterocycles. The van der Waals surface area contributed by atoms with Gasteiger partial charge in [0.05, 0.1) is 41.9 Å². The molecule has 0 atom stereocenters. The number of benzene rings is 4. The summed E-state index contributed by atoms with van der Waals surface area (Å²) >= 11 is 0. The molecule has 0 N–H and O–H groups in total. The van der Waals surface area contributed by atoms with Crippen molar-refractivity contribution in [3.05, 3.63) is 150 Å². The number of halogens is 15. The average Bonchev–Trinajstić information content (AvgIpc) is 3.94. The summed E-state index contributed by atoms with van der Waals surface area (Å²) in [5, 5.41) is 6.25. The smallest absolute Gasteiger partial charge is 0.413 e. The van der Waals surface area contributed by atoms with E-state index in [1.54, 1.807) is 74.8 Å². The Morgan fingerprint density at radius 2 is 0.969 bits per heavy atom. The Bertz CT molecular complexity index is 2720. The molecule has 8 aromatic rings. The van der Waals surface area contributed by atoms with Gasteiger partial charge in [-0.15, -0.1) is 0 Å². The van der Waals surface area contributed by atoms with E-state index < -0.39 is 70.3 Å². The number of para-hydroxylation sites is 4. The van der Waals surface area contributed by atoms with Crippen LogP contribution in [0.25, 0.3) is 45.0 Å². The first kappa shape index (κ1) is 48.7. The van der Waals surface area contributed by atoms with Crippen LogP contribution in [0.5, 0.6) is 0 Å². The molecule has 0 saturated heterocycles. The van der Waals surface area contributed by atoms with E-state index in [-0.39, 0.29) is 43.8 Å². The standard InChI is InChI=1S/2C16H9F6N2.C8H4F3N4.Ir/c2*1-23-9-24(14-5-3-2-4-13(14)23)12-7-6-10(15(17,18)19)8-11(12)16(20,21)22;9-8(10,11)7-13-6(14-15-7)5-3-1-2-4-12-5;/h2*2-6,8H,1H3;1-4H;/q3*-1;. The summed E-state index contributed by atoms with van der Waals surface area (Å²) in [5.74, 6) is -1.37. The van der Waals surface area contributed by atoms with Gasteiger partial charge in [0.25, 0.3) is 0 Å². The Hall–Kier alpha value is -6.29. The summed E-state index contributed by atoms with van der Waals surface area (Å²) in [6.45, 7) is 0. The quantitative estimate of drug-likeness (QED) is 0.101. The van der Waals surface area contributed by atoms with Crippen molar-refractivity contribution in [1.82, 2.24) is 29.3 Å². The second-order valence-electron chi connectivity index (χ2n) is 12.9. The second kappa shape index (κ2) is 18.1. The summed E-state index contributed by atoms with van der Waals surface area (Å²) in [6, 6.07) is 23.3. The van der Waals surface area contributed by atoms with Crippen LogP contribution in [-0.2, 0) is 65.1 Å². The molecule has 0 spiro atoms. The van der Waals surface area contributed by atoms with E-state index in [0.717, 1.165) is 9.13 Å². The maximum atomic E-state index is 13.3. The van der Waals surface area contributed by atoms with Gasteiger partial charge in [-0.25, -0.2) is 0 Å². The molecule has 24 heteroatoms. The molecule has 4 heterocycles. The van der Waals surface area contributed by atoms with Gasteiger partial charge in [-0.3, -0.25) is 10.1 Å². The molecule has 8 rings (SSSR count). The number of hydrogen-bond donors (Lipinski definition) is 0. The van der Waals surface area contributed by atoms with Crippen molar-refractivity contribution in [2.75, 3.05) is 0 Å². The minimum Gasteiger partial charge on any atom is -0.413 e. The molecular formula is C40H22F15IrN8-3. The first-order chi connectivity index (χ1) is 29.2. The molecule has 4 aromatic carbocycles.